The van der Waals surface area contributed by atoms with Crippen LogP contribution in [0.3, 0.4) is 0 Å². The Kier molecular flexibility index (Phi) is 3.99. The van der Waals surface area contributed by atoms with Gasteiger partial charge in [-0.3, -0.25) is 0 Å². The molecule has 2 aliphatic rings. The lowest BCUT2D eigenvalue weighted by atomic mass is 9.89. The maximum absolute atomic E-state index is 12.4. The van der Waals surface area contributed by atoms with Gasteiger partial charge in [0, 0.05) is 26.1 Å². The first-order valence-electron chi connectivity index (χ1n) is 6.86. The number of amides is 2. The summed E-state index contributed by atoms with van der Waals surface area (Å²) in [7, 11) is 0. The number of nitrogens with zero attached hydrogens (tertiary/aromatic N) is 2. The highest BCUT2D eigenvalue weighted by molar-refractivity contribution is 5.83. The van der Waals surface area contributed by atoms with E-state index >= 15 is 0 Å². The van der Waals surface area contributed by atoms with Crippen molar-refractivity contribution in [3.8, 4) is 0 Å². The Morgan fingerprint density at radius 3 is 2.42 bits per heavy atom. The zero-order valence-electron chi connectivity index (χ0n) is 11.5. The number of aliphatic hydroxyl groups excluding tert-OH is 1. The summed E-state index contributed by atoms with van der Waals surface area (Å²) in [6, 6.07) is -1.14. The van der Waals surface area contributed by atoms with Crippen molar-refractivity contribution in [2.45, 2.75) is 38.8 Å². The fourth-order valence-corrected chi connectivity index (χ4v) is 2.88. The Balaban J connectivity index is 2.04. The minimum atomic E-state index is -1.04. The topological polar surface area (TPSA) is 81.1 Å². The van der Waals surface area contributed by atoms with E-state index in [2.05, 4.69) is 13.8 Å². The molecule has 0 bridgehead atoms. The smallest absolute Gasteiger partial charge is 0.326 e. The SMILES string of the molecule is CC1CCN(C(=O)N2CC(O)C[C@H]2C(=O)O)CC1C. The van der Waals surface area contributed by atoms with Crippen LogP contribution in [0.1, 0.15) is 26.7 Å². The van der Waals surface area contributed by atoms with Crippen LogP contribution in [0.5, 0.6) is 0 Å². The molecule has 2 aliphatic heterocycles. The van der Waals surface area contributed by atoms with Crippen molar-refractivity contribution in [1.29, 1.82) is 0 Å². The lowest BCUT2D eigenvalue weighted by Gasteiger charge is -2.38. The number of piperidine rings is 1. The van der Waals surface area contributed by atoms with Crippen LogP contribution >= 0.6 is 0 Å². The molecule has 2 fully saturated rings. The molecule has 3 unspecified atom stereocenters. The summed E-state index contributed by atoms with van der Waals surface area (Å²) in [5, 5.41) is 18.7. The van der Waals surface area contributed by atoms with Crippen LogP contribution in [-0.4, -0.2) is 63.8 Å². The van der Waals surface area contributed by atoms with Crippen molar-refractivity contribution in [3.63, 3.8) is 0 Å². The van der Waals surface area contributed by atoms with Crippen LogP contribution in [0.4, 0.5) is 4.79 Å². The summed E-state index contributed by atoms with van der Waals surface area (Å²) < 4.78 is 0. The van der Waals surface area contributed by atoms with Gasteiger partial charge in [-0.25, -0.2) is 9.59 Å². The van der Waals surface area contributed by atoms with E-state index in [4.69, 9.17) is 5.11 Å². The van der Waals surface area contributed by atoms with Gasteiger partial charge in [-0.1, -0.05) is 13.8 Å². The normalized spacial score (nSPS) is 35.5. The number of likely N-dealkylation sites (tertiary alicyclic amines) is 2. The highest BCUT2D eigenvalue weighted by Crippen LogP contribution is 2.26. The molecule has 0 saturated carbocycles. The monoisotopic (exact) mass is 270 g/mol. The van der Waals surface area contributed by atoms with Gasteiger partial charge in [0.15, 0.2) is 0 Å². The van der Waals surface area contributed by atoms with E-state index in [1.54, 1.807) is 4.90 Å². The third-order valence-corrected chi connectivity index (χ3v) is 4.41. The summed E-state index contributed by atoms with van der Waals surface area (Å²) in [4.78, 5) is 26.6. The second kappa shape index (κ2) is 5.36. The molecule has 0 aromatic rings. The number of hydrogen-bond donors (Lipinski definition) is 2. The molecule has 6 nitrogen and oxygen atoms in total. The zero-order chi connectivity index (χ0) is 14.2. The summed E-state index contributed by atoms with van der Waals surface area (Å²) in [5.74, 6) is -0.0275. The molecule has 0 aliphatic carbocycles. The quantitative estimate of drug-likeness (QED) is 0.731. The average Bonchev–Trinajstić information content (AvgIpc) is 2.74. The van der Waals surface area contributed by atoms with Crippen LogP contribution in [0.2, 0.25) is 0 Å². The Morgan fingerprint density at radius 1 is 1.16 bits per heavy atom. The molecular weight excluding hydrogens is 248 g/mol. The number of urea groups is 1. The molecule has 0 radical (unpaired) electrons. The maximum Gasteiger partial charge on any atom is 0.326 e. The number of rotatable bonds is 1. The van der Waals surface area contributed by atoms with Crippen LogP contribution in [-0.2, 0) is 4.79 Å². The fourth-order valence-electron chi connectivity index (χ4n) is 2.88. The van der Waals surface area contributed by atoms with Gasteiger partial charge in [-0.2, -0.15) is 0 Å². The number of hydrogen-bond acceptors (Lipinski definition) is 3. The van der Waals surface area contributed by atoms with Crippen molar-refractivity contribution < 1.29 is 19.8 Å². The van der Waals surface area contributed by atoms with Gasteiger partial charge < -0.3 is 20.0 Å². The second-order valence-corrected chi connectivity index (χ2v) is 5.87. The highest BCUT2D eigenvalue weighted by atomic mass is 16.4. The second-order valence-electron chi connectivity index (χ2n) is 5.87. The summed E-state index contributed by atoms with van der Waals surface area (Å²) in [6.45, 7) is 5.74. The van der Waals surface area contributed by atoms with E-state index in [-0.39, 0.29) is 19.0 Å². The third-order valence-electron chi connectivity index (χ3n) is 4.41. The van der Waals surface area contributed by atoms with Crippen LogP contribution in [0, 0.1) is 11.8 Å². The molecule has 108 valence electrons. The Labute approximate surface area is 113 Å². The minimum absolute atomic E-state index is 0.121. The number of aliphatic carboxylic acids is 1. The molecule has 2 heterocycles. The summed E-state index contributed by atoms with van der Waals surface area (Å²) >= 11 is 0. The fraction of sp³-hybridized carbons (Fsp3) is 0.846. The lowest BCUT2D eigenvalue weighted by molar-refractivity contribution is -0.141. The third kappa shape index (κ3) is 2.83. The molecule has 2 rings (SSSR count). The van der Waals surface area contributed by atoms with Gasteiger partial charge in [-0.05, 0) is 18.3 Å². The Bertz CT molecular complexity index is 374. The summed E-state index contributed by atoms with van der Waals surface area (Å²) in [6.07, 6.45) is 0.341. The molecule has 2 saturated heterocycles. The highest BCUT2D eigenvalue weighted by Gasteiger charge is 2.41. The molecule has 0 spiro atoms. The summed E-state index contributed by atoms with van der Waals surface area (Å²) in [5.41, 5.74) is 0. The predicted octanol–water partition coefficient (Wildman–Crippen LogP) is 0.604. The van der Waals surface area contributed by atoms with E-state index in [0.717, 1.165) is 6.42 Å². The first-order valence-corrected chi connectivity index (χ1v) is 6.86. The van der Waals surface area contributed by atoms with Crippen molar-refractivity contribution in [1.82, 2.24) is 9.80 Å². The number of carbonyl (C=O) groups excluding carboxylic acids is 1. The number of β-amino-alcohol motifs (C(OH)–C–C–N with tert-alkyl or cyclic N) is 1. The molecule has 0 aromatic carbocycles. The van der Waals surface area contributed by atoms with Crippen molar-refractivity contribution in [2.75, 3.05) is 19.6 Å². The molecule has 19 heavy (non-hydrogen) atoms. The Hall–Kier alpha value is -1.30. The van der Waals surface area contributed by atoms with Crippen molar-refractivity contribution in [3.05, 3.63) is 0 Å². The van der Waals surface area contributed by atoms with Gasteiger partial charge >= 0.3 is 12.0 Å². The molecule has 0 aromatic heterocycles. The van der Waals surface area contributed by atoms with E-state index in [9.17, 15) is 14.7 Å². The van der Waals surface area contributed by atoms with Crippen molar-refractivity contribution >= 4 is 12.0 Å². The van der Waals surface area contributed by atoms with E-state index in [0.29, 0.717) is 24.9 Å². The standard InChI is InChI=1S/C13H22N2O4/c1-8-3-4-14(6-9(8)2)13(19)15-7-10(16)5-11(15)12(17)18/h8-11,16H,3-7H2,1-2H3,(H,17,18)/t8?,9?,10?,11-/m0/s1. The molecule has 6 heteroatoms. The maximum atomic E-state index is 12.4. The van der Waals surface area contributed by atoms with E-state index < -0.39 is 18.1 Å². The van der Waals surface area contributed by atoms with Gasteiger partial charge in [0.25, 0.3) is 0 Å². The van der Waals surface area contributed by atoms with Gasteiger partial charge in [0.05, 0.1) is 6.10 Å². The Morgan fingerprint density at radius 2 is 1.84 bits per heavy atom. The average molecular weight is 270 g/mol. The first-order chi connectivity index (χ1) is 8.90. The number of carboxylic acids is 1. The lowest BCUT2D eigenvalue weighted by Crippen LogP contribution is -2.51. The van der Waals surface area contributed by atoms with Gasteiger partial charge in [-0.15, -0.1) is 0 Å². The van der Waals surface area contributed by atoms with Crippen LogP contribution < -0.4 is 0 Å². The van der Waals surface area contributed by atoms with Crippen molar-refractivity contribution in [2.24, 2.45) is 11.8 Å². The molecule has 2 N–H and O–H groups in total. The predicted molar refractivity (Wildman–Crippen MR) is 68.7 cm³/mol. The minimum Gasteiger partial charge on any atom is -0.480 e. The molecule has 2 amide bonds. The number of carboxylic acid groups (broad SMARTS) is 1. The zero-order valence-corrected chi connectivity index (χ0v) is 11.5. The first kappa shape index (κ1) is 14.1. The molecular formula is C13H22N2O4. The largest absolute Gasteiger partial charge is 0.480 e. The van der Waals surface area contributed by atoms with E-state index in [1.807, 2.05) is 0 Å². The number of aliphatic hydroxyl groups is 1. The van der Waals surface area contributed by atoms with E-state index in [1.165, 1.54) is 4.90 Å². The van der Waals surface area contributed by atoms with Gasteiger partial charge in [0.1, 0.15) is 6.04 Å². The number of carbonyl (C=O) groups is 2. The van der Waals surface area contributed by atoms with Crippen LogP contribution in [0.25, 0.3) is 0 Å². The van der Waals surface area contributed by atoms with Crippen LogP contribution in [0.15, 0.2) is 0 Å². The molecule has 4 atom stereocenters. The van der Waals surface area contributed by atoms with Gasteiger partial charge in [0.2, 0.25) is 0 Å².